The Labute approximate surface area is 75.0 Å². The summed E-state index contributed by atoms with van der Waals surface area (Å²) in [7, 11) is -4.13. The molecule has 0 aliphatic heterocycles. The number of halogens is 1. The summed E-state index contributed by atoms with van der Waals surface area (Å²) < 4.78 is 29.8. The average molecular weight is 208 g/mol. The zero-order valence-electron chi connectivity index (χ0n) is 5.86. The first-order valence-electron chi connectivity index (χ1n) is 2.98. The van der Waals surface area contributed by atoms with Gasteiger partial charge in [0, 0.05) is 11.8 Å². The van der Waals surface area contributed by atoms with Crippen LogP contribution in [-0.2, 0) is 10.1 Å². The fourth-order valence-electron chi connectivity index (χ4n) is 0.715. The van der Waals surface area contributed by atoms with Crippen molar-refractivity contribution in [2.24, 2.45) is 0 Å². The molecule has 0 aliphatic rings. The lowest BCUT2D eigenvalue weighted by atomic mass is 10.3. The zero-order valence-corrected chi connectivity index (χ0v) is 7.43. The number of rotatable bonds is 2. The highest BCUT2D eigenvalue weighted by atomic mass is 35.5. The molecule has 4 nitrogen and oxygen atoms in total. The summed E-state index contributed by atoms with van der Waals surface area (Å²) in [5, 5.41) is 0. The van der Waals surface area contributed by atoms with Gasteiger partial charge in [-0.1, -0.05) is 6.07 Å². The Hall–Kier alpha value is -0.780. The highest BCUT2D eigenvalue weighted by Gasteiger charge is 2.08. The molecule has 0 heterocycles. The van der Waals surface area contributed by atoms with Crippen LogP contribution in [0.5, 0.6) is 0 Å². The minimum atomic E-state index is -4.13. The van der Waals surface area contributed by atoms with Gasteiger partial charge in [0.2, 0.25) is 0 Å². The second-order valence-corrected chi connectivity index (χ2v) is 3.71. The molecule has 2 N–H and O–H groups in total. The predicted octanol–water partition coefficient (Wildman–Crippen LogP) is 1.50. The van der Waals surface area contributed by atoms with Crippen LogP contribution in [0.25, 0.3) is 0 Å². The van der Waals surface area contributed by atoms with Crippen LogP contribution < -0.4 is 4.84 Å². The van der Waals surface area contributed by atoms with E-state index in [2.05, 4.69) is 4.84 Å². The van der Waals surface area contributed by atoms with Gasteiger partial charge in [-0.15, -0.1) is 0 Å². The van der Waals surface area contributed by atoms with Gasteiger partial charge in [-0.3, -0.25) is 9.39 Å². The normalized spacial score (nSPS) is 11.2. The highest BCUT2D eigenvalue weighted by Crippen LogP contribution is 2.15. The molecule has 1 aromatic carbocycles. The molecule has 1 rings (SSSR count). The first kappa shape index (κ1) is 9.31. The monoisotopic (exact) mass is 207 g/mol. The van der Waals surface area contributed by atoms with Crippen LogP contribution in [0.1, 0.15) is 0 Å². The van der Waals surface area contributed by atoms with Gasteiger partial charge in [-0.25, -0.2) is 0 Å². The molecule has 0 aliphatic carbocycles. The van der Waals surface area contributed by atoms with E-state index < -0.39 is 10.1 Å². The molecule has 0 fully saturated rings. The molecule has 0 bridgehead atoms. The SMILES string of the molecule is O=S(=O)(O)c1cccc(NCl)c1. The van der Waals surface area contributed by atoms with E-state index in [0.717, 1.165) is 0 Å². The summed E-state index contributed by atoms with van der Waals surface area (Å²) >= 11 is 5.22. The van der Waals surface area contributed by atoms with Crippen LogP contribution in [0.2, 0.25) is 0 Å². The Morgan fingerprint density at radius 3 is 2.58 bits per heavy atom. The fourth-order valence-corrected chi connectivity index (χ4v) is 1.36. The maximum absolute atomic E-state index is 10.6. The van der Waals surface area contributed by atoms with Crippen LogP contribution in [0, 0.1) is 0 Å². The largest absolute Gasteiger partial charge is 0.298 e. The van der Waals surface area contributed by atoms with Crippen molar-refractivity contribution in [3.8, 4) is 0 Å². The first-order chi connectivity index (χ1) is 5.54. The third-order valence-corrected chi connectivity index (χ3v) is 2.31. The third-order valence-electron chi connectivity index (χ3n) is 1.24. The van der Waals surface area contributed by atoms with E-state index in [0.29, 0.717) is 5.69 Å². The van der Waals surface area contributed by atoms with Crippen molar-refractivity contribution in [1.82, 2.24) is 0 Å². The van der Waals surface area contributed by atoms with E-state index in [9.17, 15) is 8.42 Å². The molecule has 0 saturated carbocycles. The van der Waals surface area contributed by atoms with E-state index in [1.807, 2.05) is 0 Å². The van der Waals surface area contributed by atoms with Crippen LogP contribution in [0.3, 0.4) is 0 Å². The van der Waals surface area contributed by atoms with Gasteiger partial charge < -0.3 is 0 Å². The minimum absolute atomic E-state index is 0.187. The van der Waals surface area contributed by atoms with E-state index in [1.54, 1.807) is 6.07 Å². The summed E-state index contributed by atoms with van der Waals surface area (Å²) in [4.78, 5) is 2.05. The van der Waals surface area contributed by atoms with Crippen molar-refractivity contribution in [3.63, 3.8) is 0 Å². The lowest BCUT2D eigenvalue weighted by molar-refractivity contribution is 0.483. The van der Waals surface area contributed by atoms with Gasteiger partial charge in [0.15, 0.2) is 0 Å². The molecular formula is C6H6ClNO3S. The van der Waals surface area contributed by atoms with Crippen LogP contribution >= 0.6 is 11.8 Å². The Kier molecular flexibility index (Phi) is 2.56. The maximum atomic E-state index is 10.6. The Morgan fingerprint density at radius 1 is 1.42 bits per heavy atom. The number of hydrogen-bond donors (Lipinski definition) is 2. The third kappa shape index (κ3) is 2.10. The number of benzene rings is 1. The standard InChI is InChI=1S/C6H6ClNO3S/c7-8-5-2-1-3-6(4-5)12(9,10)11/h1-4,8H,(H,9,10,11). The van der Waals surface area contributed by atoms with Crippen molar-refractivity contribution < 1.29 is 13.0 Å². The smallest absolute Gasteiger partial charge is 0.294 e. The Balaban J connectivity index is 3.20. The second kappa shape index (κ2) is 3.30. The lowest BCUT2D eigenvalue weighted by Gasteiger charge is -1.99. The molecule has 0 aromatic heterocycles. The van der Waals surface area contributed by atoms with Crippen LogP contribution in [-0.4, -0.2) is 13.0 Å². The van der Waals surface area contributed by atoms with Crippen molar-refractivity contribution in [2.45, 2.75) is 4.90 Å². The molecule has 1 aromatic rings. The van der Waals surface area contributed by atoms with E-state index >= 15 is 0 Å². The molecule has 0 radical (unpaired) electrons. The maximum Gasteiger partial charge on any atom is 0.294 e. The van der Waals surface area contributed by atoms with E-state index in [-0.39, 0.29) is 4.90 Å². The van der Waals surface area contributed by atoms with Gasteiger partial charge in [0.1, 0.15) is 0 Å². The van der Waals surface area contributed by atoms with Gasteiger partial charge in [-0.2, -0.15) is 8.42 Å². The van der Waals surface area contributed by atoms with Gasteiger partial charge in [0.25, 0.3) is 10.1 Å². The Bertz CT molecular complexity index is 376. The summed E-state index contributed by atoms with van der Waals surface area (Å²) in [5.41, 5.74) is 0.409. The van der Waals surface area contributed by atoms with E-state index in [1.165, 1.54) is 18.2 Å². The lowest BCUT2D eigenvalue weighted by Crippen LogP contribution is -1.97. The van der Waals surface area contributed by atoms with Gasteiger partial charge in [-0.05, 0) is 18.2 Å². The molecule has 0 amide bonds. The summed E-state index contributed by atoms with van der Waals surface area (Å²) in [5.74, 6) is 0. The van der Waals surface area contributed by atoms with Crippen molar-refractivity contribution in [2.75, 3.05) is 4.84 Å². The van der Waals surface area contributed by atoms with Crippen molar-refractivity contribution in [3.05, 3.63) is 24.3 Å². The van der Waals surface area contributed by atoms with Gasteiger partial charge in [0.05, 0.1) is 10.6 Å². The quantitative estimate of drug-likeness (QED) is 0.570. The molecule has 12 heavy (non-hydrogen) atoms. The molecule has 0 saturated heterocycles. The van der Waals surface area contributed by atoms with E-state index in [4.69, 9.17) is 16.3 Å². The number of anilines is 1. The molecular weight excluding hydrogens is 202 g/mol. The first-order valence-corrected chi connectivity index (χ1v) is 4.80. The van der Waals surface area contributed by atoms with Crippen LogP contribution in [0.4, 0.5) is 5.69 Å². The summed E-state index contributed by atoms with van der Waals surface area (Å²) in [6.07, 6.45) is 0. The molecule has 6 heteroatoms. The topological polar surface area (TPSA) is 66.4 Å². The van der Waals surface area contributed by atoms with Crippen molar-refractivity contribution in [1.29, 1.82) is 0 Å². The predicted molar refractivity (Wildman–Crippen MR) is 45.7 cm³/mol. The minimum Gasteiger partial charge on any atom is -0.298 e. The molecule has 0 atom stereocenters. The van der Waals surface area contributed by atoms with Gasteiger partial charge >= 0.3 is 0 Å². The molecule has 0 spiro atoms. The molecule has 0 unspecified atom stereocenters. The zero-order chi connectivity index (χ0) is 9.19. The fraction of sp³-hybridized carbons (Fsp3) is 0. The average Bonchev–Trinajstić information content (AvgIpc) is 2.03. The Morgan fingerprint density at radius 2 is 2.08 bits per heavy atom. The second-order valence-electron chi connectivity index (χ2n) is 2.10. The summed E-state index contributed by atoms with van der Waals surface area (Å²) in [6.45, 7) is 0. The highest BCUT2D eigenvalue weighted by molar-refractivity contribution is 7.85. The van der Waals surface area contributed by atoms with Crippen LogP contribution in [0.15, 0.2) is 29.2 Å². The number of nitrogens with one attached hydrogen (secondary N) is 1. The van der Waals surface area contributed by atoms with Crippen molar-refractivity contribution >= 4 is 27.6 Å². The summed E-state index contributed by atoms with van der Waals surface area (Å²) in [6, 6.07) is 5.53. The number of hydrogen-bond acceptors (Lipinski definition) is 3. The molecule has 66 valence electrons.